The van der Waals surface area contributed by atoms with Crippen molar-refractivity contribution >= 4 is 62.3 Å². The highest BCUT2D eigenvalue weighted by molar-refractivity contribution is 7.92. The second kappa shape index (κ2) is 11.4. The van der Waals surface area contributed by atoms with Gasteiger partial charge in [0.2, 0.25) is 21.8 Å². The van der Waals surface area contributed by atoms with Crippen molar-refractivity contribution in [3.63, 3.8) is 0 Å². The Morgan fingerprint density at radius 1 is 1.06 bits per heavy atom. The van der Waals surface area contributed by atoms with Crippen LogP contribution in [0.5, 0.6) is 0 Å². The third-order valence-electron chi connectivity index (χ3n) is 5.08. The molecule has 0 radical (unpaired) electrons. The van der Waals surface area contributed by atoms with Crippen LogP contribution < -0.4 is 9.62 Å². The third-order valence-corrected chi connectivity index (χ3v) is 7.18. The Bertz CT molecular complexity index is 1140. The number of hydrogen-bond acceptors (Lipinski definition) is 4. The molecule has 0 aliphatic heterocycles. The summed E-state index contributed by atoms with van der Waals surface area (Å²) in [6, 6.07) is 8.81. The molecule has 0 fully saturated rings. The predicted molar refractivity (Wildman–Crippen MR) is 134 cm³/mol. The van der Waals surface area contributed by atoms with Crippen LogP contribution in [0.15, 0.2) is 36.4 Å². The van der Waals surface area contributed by atoms with Gasteiger partial charge in [0.15, 0.2) is 0 Å². The Balaban J connectivity index is 2.48. The first kappa shape index (κ1) is 27.2. The van der Waals surface area contributed by atoms with Crippen LogP contribution in [-0.2, 0) is 26.2 Å². The standard InChI is InChI=1S/C22H26Cl3N3O4S/c1-5-19(22(30)26-3)27(12-15-6-8-17(24)18(25)11-15)21(29)13-28(33(4,31)32)20-9-7-16(23)10-14(20)2/h6-11,19H,5,12-13H2,1-4H3,(H,26,30). The van der Waals surface area contributed by atoms with Crippen molar-refractivity contribution in [3.05, 3.63) is 62.6 Å². The molecule has 1 atom stereocenters. The van der Waals surface area contributed by atoms with Gasteiger partial charge in [-0.25, -0.2) is 8.42 Å². The van der Waals surface area contributed by atoms with Crippen LogP contribution in [0.4, 0.5) is 5.69 Å². The minimum atomic E-state index is -3.82. The molecule has 2 amide bonds. The highest BCUT2D eigenvalue weighted by atomic mass is 35.5. The number of nitrogens with zero attached hydrogens (tertiary/aromatic N) is 2. The van der Waals surface area contributed by atoms with Crippen molar-refractivity contribution in [3.8, 4) is 0 Å². The van der Waals surface area contributed by atoms with Gasteiger partial charge in [0.05, 0.1) is 22.0 Å². The Hall–Kier alpha value is -2.00. The lowest BCUT2D eigenvalue weighted by Gasteiger charge is -2.33. The summed E-state index contributed by atoms with van der Waals surface area (Å²) in [5.41, 5.74) is 1.57. The first-order chi connectivity index (χ1) is 15.4. The molecule has 0 aromatic heterocycles. The van der Waals surface area contributed by atoms with Gasteiger partial charge in [0.25, 0.3) is 0 Å². The molecule has 1 unspecified atom stereocenters. The molecule has 0 bridgehead atoms. The first-order valence-electron chi connectivity index (χ1n) is 10.1. The Labute approximate surface area is 209 Å². The number of benzene rings is 2. The molecule has 2 aromatic rings. The molecule has 0 saturated carbocycles. The molecule has 33 heavy (non-hydrogen) atoms. The molecule has 2 rings (SSSR count). The smallest absolute Gasteiger partial charge is 0.244 e. The van der Waals surface area contributed by atoms with E-state index in [1.54, 1.807) is 50.2 Å². The molecule has 0 heterocycles. The highest BCUT2D eigenvalue weighted by Gasteiger charge is 2.31. The summed E-state index contributed by atoms with van der Waals surface area (Å²) in [4.78, 5) is 27.4. The van der Waals surface area contributed by atoms with E-state index in [9.17, 15) is 18.0 Å². The number of amides is 2. The zero-order valence-corrected chi connectivity index (χ0v) is 21.8. The zero-order chi connectivity index (χ0) is 24.9. The molecule has 180 valence electrons. The largest absolute Gasteiger partial charge is 0.357 e. The van der Waals surface area contributed by atoms with Gasteiger partial charge in [-0.15, -0.1) is 0 Å². The average Bonchev–Trinajstić information content (AvgIpc) is 2.73. The van der Waals surface area contributed by atoms with Crippen molar-refractivity contribution in [2.45, 2.75) is 32.9 Å². The van der Waals surface area contributed by atoms with Gasteiger partial charge in [-0.1, -0.05) is 47.8 Å². The number of aryl methyl sites for hydroxylation is 1. The summed E-state index contributed by atoms with van der Waals surface area (Å²) in [5.74, 6) is -0.907. The van der Waals surface area contributed by atoms with E-state index >= 15 is 0 Å². The van der Waals surface area contributed by atoms with E-state index in [-0.39, 0.29) is 12.5 Å². The Kier molecular flexibility index (Phi) is 9.43. The van der Waals surface area contributed by atoms with Crippen molar-refractivity contribution < 1.29 is 18.0 Å². The monoisotopic (exact) mass is 533 g/mol. The van der Waals surface area contributed by atoms with Crippen molar-refractivity contribution in [2.24, 2.45) is 0 Å². The minimum Gasteiger partial charge on any atom is -0.357 e. The van der Waals surface area contributed by atoms with Crippen molar-refractivity contribution in [2.75, 3.05) is 24.2 Å². The summed E-state index contributed by atoms with van der Waals surface area (Å²) in [6.07, 6.45) is 1.35. The predicted octanol–water partition coefficient (Wildman–Crippen LogP) is 4.27. The first-order valence-corrected chi connectivity index (χ1v) is 13.1. The van der Waals surface area contributed by atoms with Gasteiger partial charge in [0.1, 0.15) is 12.6 Å². The number of carbonyl (C=O) groups is 2. The van der Waals surface area contributed by atoms with Crippen LogP contribution in [0, 0.1) is 6.92 Å². The van der Waals surface area contributed by atoms with E-state index in [1.165, 1.54) is 11.9 Å². The molecule has 0 aliphatic carbocycles. The summed E-state index contributed by atoms with van der Waals surface area (Å²) < 4.78 is 26.2. The van der Waals surface area contributed by atoms with Gasteiger partial charge >= 0.3 is 0 Å². The van der Waals surface area contributed by atoms with Gasteiger partial charge in [-0.2, -0.15) is 0 Å². The van der Waals surface area contributed by atoms with E-state index in [0.717, 1.165) is 10.6 Å². The normalized spacial score (nSPS) is 12.2. The summed E-state index contributed by atoms with van der Waals surface area (Å²) in [7, 11) is -2.34. The fourth-order valence-electron chi connectivity index (χ4n) is 3.41. The lowest BCUT2D eigenvalue weighted by molar-refractivity contribution is -0.140. The molecule has 0 saturated heterocycles. The van der Waals surface area contributed by atoms with Crippen LogP contribution in [0.25, 0.3) is 0 Å². The lowest BCUT2D eigenvalue weighted by Crippen LogP contribution is -2.51. The molecular weight excluding hydrogens is 509 g/mol. The van der Waals surface area contributed by atoms with Gasteiger partial charge < -0.3 is 10.2 Å². The number of carbonyl (C=O) groups excluding carboxylic acids is 2. The molecule has 7 nitrogen and oxygen atoms in total. The molecule has 1 N–H and O–H groups in total. The van der Waals surface area contributed by atoms with Crippen LogP contribution in [0.2, 0.25) is 15.1 Å². The van der Waals surface area contributed by atoms with Crippen molar-refractivity contribution in [1.29, 1.82) is 0 Å². The average molecular weight is 535 g/mol. The van der Waals surface area contributed by atoms with Gasteiger partial charge in [0, 0.05) is 18.6 Å². The van der Waals surface area contributed by atoms with E-state index in [1.807, 2.05) is 0 Å². The second-order valence-electron chi connectivity index (χ2n) is 7.51. The second-order valence-corrected chi connectivity index (χ2v) is 10.7. The van der Waals surface area contributed by atoms with Crippen molar-refractivity contribution in [1.82, 2.24) is 10.2 Å². The Morgan fingerprint density at radius 3 is 2.24 bits per heavy atom. The topological polar surface area (TPSA) is 86.8 Å². The number of anilines is 1. The number of nitrogens with one attached hydrogen (secondary N) is 1. The number of rotatable bonds is 9. The number of sulfonamides is 1. The molecular formula is C22H26Cl3N3O4S. The summed E-state index contributed by atoms with van der Waals surface area (Å²) in [5, 5.41) is 3.68. The van der Waals surface area contributed by atoms with Crippen LogP contribution in [0.3, 0.4) is 0 Å². The Morgan fingerprint density at radius 2 is 1.73 bits per heavy atom. The van der Waals surface area contributed by atoms with Gasteiger partial charge in [-0.3, -0.25) is 13.9 Å². The summed E-state index contributed by atoms with van der Waals surface area (Å²) >= 11 is 18.1. The fourth-order valence-corrected chi connectivity index (χ4v) is 4.87. The van der Waals surface area contributed by atoms with E-state index < -0.39 is 28.5 Å². The number of halogens is 3. The maximum Gasteiger partial charge on any atom is 0.244 e. The zero-order valence-electron chi connectivity index (χ0n) is 18.7. The quantitative estimate of drug-likeness (QED) is 0.520. The molecule has 11 heteroatoms. The van der Waals surface area contributed by atoms with E-state index in [4.69, 9.17) is 34.8 Å². The van der Waals surface area contributed by atoms with Crippen LogP contribution >= 0.6 is 34.8 Å². The number of likely N-dealkylation sites (N-methyl/N-ethyl adjacent to an activating group) is 1. The number of hydrogen-bond donors (Lipinski definition) is 1. The fraction of sp³-hybridized carbons (Fsp3) is 0.364. The minimum absolute atomic E-state index is 0.0405. The maximum atomic E-state index is 13.5. The molecule has 2 aromatic carbocycles. The molecule has 0 spiro atoms. The highest BCUT2D eigenvalue weighted by Crippen LogP contribution is 2.27. The summed E-state index contributed by atoms with van der Waals surface area (Å²) in [6.45, 7) is 3.03. The SMILES string of the molecule is CCC(C(=O)NC)N(Cc1ccc(Cl)c(Cl)c1)C(=O)CN(c1ccc(Cl)cc1C)S(C)(=O)=O. The lowest BCUT2D eigenvalue weighted by atomic mass is 10.1. The van der Waals surface area contributed by atoms with Crippen LogP contribution in [0.1, 0.15) is 24.5 Å². The third kappa shape index (κ3) is 6.99. The molecule has 0 aliphatic rings. The van der Waals surface area contributed by atoms with Crippen LogP contribution in [-0.4, -0.2) is 51.0 Å². The van der Waals surface area contributed by atoms with Gasteiger partial charge in [-0.05, 0) is 54.8 Å². The van der Waals surface area contributed by atoms with E-state index in [2.05, 4.69) is 5.32 Å². The van der Waals surface area contributed by atoms with E-state index in [0.29, 0.717) is 38.3 Å². The maximum absolute atomic E-state index is 13.5.